The van der Waals surface area contributed by atoms with E-state index in [1.54, 1.807) is 0 Å². The highest BCUT2D eigenvalue weighted by Crippen LogP contribution is 2.24. The number of aryl methyl sites for hydroxylation is 1. The van der Waals surface area contributed by atoms with Crippen molar-refractivity contribution < 1.29 is 0 Å². The van der Waals surface area contributed by atoms with Crippen LogP contribution in [0.25, 0.3) is 0 Å². The summed E-state index contributed by atoms with van der Waals surface area (Å²) in [5.74, 6) is 0. The van der Waals surface area contributed by atoms with Crippen molar-refractivity contribution in [3.63, 3.8) is 0 Å². The van der Waals surface area contributed by atoms with E-state index < -0.39 is 0 Å². The third-order valence-corrected chi connectivity index (χ3v) is 4.33. The molecule has 2 aromatic rings. The zero-order valence-electron chi connectivity index (χ0n) is 10.4. The van der Waals surface area contributed by atoms with Crippen LogP contribution in [0.4, 0.5) is 5.69 Å². The van der Waals surface area contributed by atoms with E-state index in [4.69, 9.17) is 0 Å². The number of hydrogen-bond donors (Lipinski definition) is 1. The highest BCUT2D eigenvalue weighted by Gasteiger charge is 2.05. The first kappa shape index (κ1) is 13.6. The van der Waals surface area contributed by atoms with Gasteiger partial charge in [-0.1, -0.05) is 44.0 Å². The first-order valence-corrected chi connectivity index (χ1v) is 7.43. The summed E-state index contributed by atoms with van der Waals surface area (Å²) in [5, 5.41) is 3.51. The molecule has 0 saturated carbocycles. The molecule has 0 bridgehead atoms. The molecule has 0 radical (unpaired) electrons. The quantitative estimate of drug-likeness (QED) is 0.733. The molecule has 0 fully saturated rings. The molecule has 2 aromatic carbocycles. The Bertz CT molecular complexity index is 535. The van der Waals surface area contributed by atoms with Crippen LogP contribution >= 0.6 is 31.9 Å². The van der Waals surface area contributed by atoms with Gasteiger partial charge in [-0.05, 0) is 55.3 Å². The van der Waals surface area contributed by atoms with Gasteiger partial charge in [0.15, 0.2) is 0 Å². The maximum atomic E-state index is 3.52. The van der Waals surface area contributed by atoms with E-state index in [2.05, 4.69) is 93.5 Å². The van der Waals surface area contributed by atoms with Gasteiger partial charge < -0.3 is 5.32 Å². The van der Waals surface area contributed by atoms with Crippen molar-refractivity contribution in [2.24, 2.45) is 0 Å². The predicted octanol–water partition coefficient (Wildman–Crippen LogP) is 5.69. The standard InChI is InChI=1S/C15H15Br2N/c1-10-9-14(7-8-15(10)17)18-11(2)12-3-5-13(16)6-4-12/h3-9,11,18H,1-2H3. The lowest BCUT2D eigenvalue weighted by atomic mass is 10.1. The van der Waals surface area contributed by atoms with E-state index in [1.165, 1.54) is 11.1 Å². The molecular formula is C15H15Br2N. The van der Waals surface area contributed by atoms with Crippen LogP contribution in [-0.4, -0.2) is 0 Å². The normalized spacial score (nSPS) is 12.2. The summed E-state index contributed by atoms with van der Waals surface area (Å²) in [7, 11) is 0. The van der Waals surface area contributed by atoms with Crippen molar-refractivity contribution in [1.29, 1.82) is 0 Å². The molecule has 18 heavy (non-hydrogen) atoms. The van der Waals surface area contributed by atoms with Gasteiger partial charge in [-0.3, -0.25) is 0 Å². The monoisotopic (exact) mass is 367 g/mol. The highest BCUT2D eigenvalue weighted by atomic mass is 79.9. The molecule has 0 spiro atoms. The second-order valence-electron chi connectivity index (χ2n) is 4.38. The van der Waals surface area contributed by atoms with Crippen LogP contribution in [0.2, 0.25) is 0 Å². The number of rotatable bonds is 3. The summed E-state index contributed by atoms with van der Waals surface area (Å²) in [4.78, 5) is 0. The summed E-state index contributed by atoms with van der Waals surface area (Å²) in [6.07, 6.45) is 0. The van der Waals surface area contributed by atoms with Gasteiger partial charge >= 0.3 is 0 Å². The van der Waals surface area contributed by atoms with Crippen molar-refractivity contribution in [3.05, 3.63) is 62.5 Å². The zero-order valence-corrected chi connectivity index (χ0v) is 13.5. The van der Waals surface area contributed by atoms with E-state index in [-0.39, 0.29) is 0 Å². The van der Waals surface area contributed by atoms with Crippen molar-refractivity contribution >= 4 is 37.5 Å². The molecule has 0 amide bonds. The Kier molecular flexibility index (Phi) is 4.46. The van der Waals surface area contributed by atoms with Crippen LogP contribution in [0, 0.1) is 6.92 Å². The first-order chi connectivity index (χ1) is 8.56. The molecule has 0 aliphatic carbocycles. The molecule has 1 nitrogen and oxygen atoms in total. The third kappa shape index (κ3) is 3.36. The summed E-state index contributed by atoms with van der Waals surface area (Å²) < 4.78 is 2.25. The fraction of sp³-hybridized carbons (Fsp3) is 0.200. The molecular weight excluding hydrogens is 354 g/mol. The molecule has 0 aromatic heterocycles. The first-order valence-electron chi connectivity index (χ1n) is 5.84. The fourth-order valence-electron chi connectivity index (χ4n) is 1.82. The van der Waals surface area contributed by atoms with Gasteiger partial charge in [0.2, 0.25) is 0 Å². The highest BCUT2D eigenvalue weighted by molar-refractivity contribution is 9.10. The van der Waals surface area contributed by atoms with Crippen molar-refractivity contribution in [2.75, 3.05) is 5.32 Å². The van der Waals surface area contributed by atoms with Crippen molar-refractivity contribution in [2.45, 2.75) is 19.9 Å². The molecule has 0 heterocycles. The average molecular weight is 369 g/mol. The van der Waals surface area contributed by atoms with E-state index >= 15 is 0 Å². The fourth-order valence-corrected chi connectivity index (χ4v) is 2.33. The molecule has 1 atom stereocenters. The second-order valence-corrected chi connectivity index (χ2v) is 6.15. The maximum Gasteiger partial charge on any atom is 0.0485 e. The second kappa shape index (κ2) is 5.89. The lowest BCUT2D eigenvalue weighted by Gasteiger charge is -2.16. The van der Waals surface area contributed by atoms with Crippen LogP contribution in [0.3, 0.4) is 0 Å². The molecule has 0 aliphatic heterocycles. The van der Waals surface area contributed by atoms with Gasteiger partial charge in [-0.15, -0.1) is 0 Å². The lowest BCUT2D eigenvalue weighted by molar-refractivity contribution is 0.884. The van der Waals surface area contributed by atoms with Crippen LogP contribution < -0.4 is 5.32 Å². The van der Waals surface area contributed by atoms with E-state index in [1.807, 2.05) is 0 Å². The maximum absolute atomic E-state index is 3.52. The van der Waals surface area contributed by atoms with Gasteiger partial charge in [-0.25, -0.2) is 0 Å². The zero-order chi connectivity index (χ0) is 13.1. The Morgan fingerprint density at radius 3 is 2.28 bits per heavy atom. The Morgan fingerprint density at radius 1 is 1.00 bits per heavy atom. The molecule has 3 heteroatoms. The molecule has 2 rings (SSSR count). The molecule has 94 valence electrons. The number of hydrogen-bond acceptors (Lipinski definition) is 1. The van der Waals surface area contributed by atoms with E-state index in [0.717, 1.165) is 14.6 Å². The lowest BCUT2D eigenvalue weighted by Crippen LogP contribution is -2.06. The number of halogens is 2. The minimum absolute atomic E-state index is 0.290. The number of benzene rings is 2. The van der Waals surface area contributed by atoms with Crippen LogP contribution in [0.15, 0.2) is 51.4 Å². The Morgan fingerprint density at radius 2 is 1.67 bits per heavy atom. The summed E-state index contributed by atoms with van der Waals surface area (Å²) in [6, 6.07) is 15.0. The Balaban J connectivity index is 2.13. The van der Waals surface area contributed by atoms with Crippen LogP contribution in [0.1, 0.15) is 24.1 Å². The van der Waals surface area contributed by atoms with Gasteiger partial charge in [0.1, 0.15) is 0 Å². The van der Waals surface area contributed by atoms with Crippen LogP contribution in [0.5, 0.6) is 0 Å². The SMILES string of the molecule is Cc1cc(NC(C)c2ccc(Br)cc2)ccc1Br. The minimum Gasteiger partial charge on any atom is -0.379 e. The van der Waals surface area contributed by atoms with Crippen molar-refractivity contribution in [1.82, 2.24) is 0 Å². The van der Waals surface area contributed by atoms with E-state index in [0.29, 0.717) is 6.04 Å². The summed E-state index contributed by atoms with van der Waals surface area (Å²) >= 11 is 6.97. The van der Waals surface area contributed by atoms with E-state index in [9.17, 15) is 0 Å². The predicted molar refractivity (Wildman–Crippen MR) is 85.1 cm³/mol. The molecule has 1 unspecified atom stereocenters. The van der Waals surface area contributed by atoms with Gasteiger partial charge in [0.25, 0.3) is 0 Å². The molecule has 0 saturated heterocycles. The number of anilines is 1. The third-order valence-electron chi connectivity index (χ3n) is 2.91. The molecule has 0 aliphatic rings. The Labute approximate surface area is 125 Å². The largest absolute Gasteiger partial charge is 0.379 e. The smallest absolute Gasteiger partial charge is 0.0485 e. The minimum atomic E-state index is 0.290. The summed E-state index contributed by atoms with van der Waals surface area (Å²) in [5.41, 5.74) is 3.66. The van der Waals surface area contributed by atoms with Crippen LogP contribution in [-0.2, 0) is 0 Å². The Hall–Kier alpha value is -0.800. The molecule has 1 N–H and O–H groups in total. The van der Waals surface area contributed by atoms with Crippen molar-refractivity contribution in [3.8, 4) is 0 Å². The number of nitrogens with one attached hydrogen (secondary N) is 1. The van der Waals surface area contributed by atoms with Gasteiger partial charge in [0, 0.05) is 20.7 Å². The summed E-state index contributed by atoms with van der Waals surface area (Å²) in [6.45, 7) is 4.26. The van der Waals surface area contributed by atoms with Gasteiger partial charge in [-0.2, -0.15) is 0 Å². The average Bonchev–Trinajstić information content (AvgIpc) is 2.34. The topological polar surface area (TPSA) is 12.0 Å². The van der Waals surface area contributed by atoms with Gasteiger partial charge in [0.05, 0.1) is 0 Å².